The molecule has 0 unspecified atom stereocenters. The molecule has 0 aliphatic carbocycles. The highest BCUT2D eigenvalue weighted by molar-refractivity contribution is 5.29. The minimum atomic E-state index is -0.225. The van der Waals surface area contributed by atoms with Crippen LogP contribution < -0.4 is 10.5 Å². The fourth-order valence-corrected chi connectivity index (χ4v) is 2.37. The van der Waals surface area contributed by atoms with Crippen molar-refractivity contribution in [1.29, 1.82) is 0 Å². The second kappa shape index (κ2) is 7.20. The molecular formula is C17H21FN2O. The summed E-state index contributed by atoms with van der Waals surface area (Å²) in [5.41, 5.74) is 8.78. The van der Waals surface area contributed by atoms with Crippen molar-refractivity contribution in [3.05, 3.63) is 65.0 Å². The average molecular weight is 288 g/mol. The summed E-state index contributed by atoms with van der Waals surface area (Å²) in [7, 11) is 3.66. The normalized spacial score (nSPS) is 10.9. The minimum Gasteiger partial charge on any atom is -0.497 e. The molecule has 2 rings (SSSR count). The van der Waals surface area contributed by atoms with Crippen molar-refractivity contribution in [1.82, 2.24) is 4.90 Å². The second-order valence-corrected chi connectivity index (χ2v) is 5.14. The highest BCUT2D eigenvalue weighted by Crippen LogP contribution is 2.17. The Labute approximate surface area is 125 Å². The van der Waals surface area contributed by atoms with Gasteiger partial charge in [-0.2, -0.15) is 0 Å². The van der Waals surface area contributed by atoms with Gasteiger partial charge in [-0.3, -0.25) is 4.90 Å². The van der Waals surface area contributed by atoms with Gasteiger partial charge in [0.05, 0.1) is 7.11 Å². The summed E-state index contributed by atoms with van der Waals surface area (Å²) >= 11 is 0. The van der Waals surface area contributed by atoms with Crippen LogP contribution >= 0.6 is 0 Å². The molecule has 21 heavy (non-hydrogen) atoms. The van der Waals surface area contributed by atoms with Gasteiger partial charge in [0.25, 0.3) is 0 Å². The molecule has 3 nitrogen and oxygen atoms in total. The molecule has 0 fully saturated rings. The third kappa shape index (κ3) is 4.28. The van der Waals surface area contributed by atoms with E-state index in [1.54, 1.807) is 19.2 Å². The molecule has 2 N–H and O–H groups in total. The van der Waals surface area contributed by atoms with E-state index in [-0.39, 0.29) is 5.82 Å². The van der Waals surface area contributed by atoms with Crippen molar-refractivity contribution < 1.29 is 9.13 Å². The summed E-state index contributed by atoms with van der Waals surface area (Å²) in [4.78, 5) is 2.13. The molecule has 0 saturated carbocycles. The number of ether oxygens (including phenoxy) is 1. The van der Waals surface area contributed by atoms with Crippen LogP contribution in [0.4, 0.5) is 4.39 Å². The van der Waals surface area contributed by atoms with E-state index < -0.39 is 0 Å². The molecule has 0 aromatic heterocycles. The van der Waals surface area contributed by atoms with Gasteiger partial charge in [0, 0.05) is 19.6 Å². The maximum Gasteiger partial charge on any atom is 0.123 e. The van der Waals surface area contributed by atoms with Crippen LogP contribution in [0.3, 0.4) is 0 Å². The summed E-state index contributed by atoms with van der Waals surface area (Å²) in [6.07, 6.45) is 0. The van der Waals surface area contributed by atoms with Gasteiger partial charge in [0.15, 0.2) is 0 Å². The van der Waals surface area contributed by atoms with Gasteiger partial charge in [-0.15, -0.1) is 0 Å². The van der Waals surface area contributed by atoms with Crippen molar-refractivity contribution in [3.8, 4) is 5.75 Å². The van der Waals surface area contributed by atoms with Crippen LogP contribution in [0.1, 0.15) is 16.7 Å². The molecule has 0 aliphatic rings. The number of rotatable bonds is 6. The third-order valence-electron chi connectivity index (χ3n) is 3.42. The fraction of sp³-hybridized carbons (Fsp3) is 0.294. The molecule has 0 atom stereocenters. The van der Waals surface area contributed by atoms with E-state index >= 15 is 0 Å². The summed E-state index contributed by atoms with van der Waals surface area (Å²) in [5.74, 6) is 0.617. The lowest BCUT2D eigenvalue weighted by molar-refractivity contribution is 0.316. The first-order valence-electron chi connectivity index (χ1n) is 6.91. The molecule has 0 amide bonds. The summed E-state index contributed by atoms with van der Waals surface area (Å²) in [6.45, 7) is 1.84. The van der Waals surface area contributed by atoms with Crippen molar-refractivity contribution in [3.63, 3.8) is 0 Å². The Hall–Kier alpha value is -1.91. The SMILES string of the molecule is COc1cccc(CN(C)Cc2cc(F)ccc2CN)c1. The molecule has 112 valence electrons. The molecule has 2 aromatic carbocycles. The molecular weight excluding hydrogens is 267 g/mol. The minimum absolute atomic E-state index is 0.225. The zero-order chi connectivity index (χ0) is 15.2. The topological polar surface area (TPSA) is 38.5 Å². The van der Waals surface area contributed by atoms with Crippen LogP contribution in [0.25, 0.3) is 0 Å². The molecule has 0 saturated heterocycles. The van der Waals surface area contributed by atoms with E-state index in [0.29, 0.717) is 13.1 Å². The molecule has 0 heterocycles. The lowest BCUT2D eigenvalue weighted by Gasteiger charge is -2.19. The van der Waals surface area contributed by atoms with E-state index in [9.17, 15) is 4.39 Å². The smallest absolute Gasteiger partial charge is 0.123 e. The zero-order valence-corrected chi connectivity index (χ0v) is 12.5. The van der Waals surface area contributed by atoms with Crippen LogP contribution in [0.15, 0.2) is 42.5 Å². The number of nitrogens with two attached hydrogens (primary N) is 1. The fourth-order valence-electron chi connectivity index (χ4n) is 2.37. The van der Waals surface area contributed by atoms with E-state index in [1.165, 1.54) is 6.07 Å². The van der Waals surface area contributed by atoms with E-state index in [4.69, 9.17) is 10.5 Å². The lowest BCUT2D eigenvalue weighted by Crippen LogP contribution is -2.19. The highest BCUT2D eigenvalue weighted by atomic mass is 19.1. The predicted octanol–water partition coefficient (Wildman–Crippen LogP) is 2.93. The first-order valence-corrected chi connectivity index (χ1v) is 6.91. The molecule has 0 bridgehead atoms. The van der Waals surface area contributed by atoms with E-state index in [2.05, 4.69) is 11.0 Å². The summed E-state index contributed by atoms with van der Waals surface area (Å²) in [6, 6.07) is 12.7. The van der Waals surface area contributed by atoms with Gasteiger partial charge in [0.2, 0.25) is 0 Å². The molecule has 0 spiro atoms. The Bertz CT molecular complexity index is 601. The van der Waals surface area contributed by atoms with E-state index in [0.717, 1.165) is 29.0 Å². The first kappa shape index (κ1) is 15.5. The third-order valence-corrected chi connectivity index (χ3v) is 3.42. The van der Waals surface area contributed by atoms with Crippen molar-refractivity contribution in [2.24, 2.45) is 5.73 Å². The van der Waals surface area contributed by atoms with Gasteiger partial charge < -0.3 is 10.5 Å². The number of hydrogen-bond donors (Lipinski definition) is 1. The summed E-state index contributed by atoms with van der Waals surface area (Å²) in [5, 5.41) is 0. The van der Waals surface area contributed by atoms with Gasteiger partial charge in [0.1, 0.15) is 11.6 Å². The Morgan fingerprint density at radius 3 is 2.62 bits per heavy atom. The summed E-state index contributed by atoms with van der Waals surface area (Å²) < 4.78 is 18.6. The number of hydrogen-bond acceptors (Lipinski definition) is 3. The lowest BCUT2D eigenvalue weighted by atomic mass is 10.1. The van der Waals surface area contributed by atoms with Gasteiger partial charge in [-0.1, -0.05) is 18.2 Å². The number of methoxy groups -OCH3 is 1. The van der Waals surface area contributed by atoms with Gasteiger partial charge in [-0.05, 0) is 48.0 Å². The number of nitrogens with zero attached hydrogens (tertiary/aromatic N) is 1. The number of benzene rings is 2. The van der Waals surface area contributed by atoms with Crippen LogP contribution in [0.2, 0.25) is 0 Å². The number of halogens is 1. The molecule has 2 aromatic rings. The maximum absolute atomic E-state index is 13.4. The van der Waals surface area contributed by atoms with Gasteiger partial charge in [-0.25, -0.2) is 4.39 Å². The zero-order valence-electron chi connectivity index (χ0n) is 12.5. The molecule has 0 aliphatic heterocycles. The average Bonchev–Trinajstić information content (AvgIpc) is 2.47. The van der Waals surface area contributed by atoms with E-state index in [1.807, 2.05) is 25.2 Å². The monoisotopic (exact) mass is 288 g/mol. The van der Waals surface area contributed by atoms with Crippen molar-refractivity contribution in [2.75, 3.05) is 14.2 Å². The highest BCUT2D eigenvalue weighted by Gasteiger charge is 2.07. The van der Waals surface area contributed by atoms with Crippen LogP contribution in [-0.2, 0) is 19.6 Å². The van der Waals surface area contributed by atoms with Gasteiger partial charge >= 0.3 is 0 Å². The van der Waals surface area contributed by atoms with Crippen molar-refractivity contribution in [2.45, 2.75) is 19.6 Å². The second-order valence-electron chi connectivity index (χ2n) is 5.14. The largest absolute Gasteiger partial charge is 0.497 e. The Balaban J connectivity index is 2.07. The Kier molecular flexibility index (Phi) is 5.31. The quantitative estimate of drug-likeness (QED) is 0.888. The standard InChI is InChI=1S/C17H21FN2O/c1-20(11-13-4-3-5-17(8-13)21-2)12-15-9-16(18)7-6-14(15)10-19/h3-9H,10-12,19H2,1-2H3. The first-order chi connectivity index (χ1) is 10.1. The Morgan fingerprint density at radius 1 is 1.10 bits per heavy atom. The van der Waals surface area contributed by atoms with Crippen molar-refractivity contribution >= 4 is 0 Å². The van der Waals surface area contributed by atoms with Crippen LogP contribution in [-0.4, -0.2) is 19.1 Å². The van der Waals surface area contributed by atoms with Crippen LogP contribution in [0.5, 0.6) is 5.75 Å². The predicted molar refractivity (Wildman–Crippen MR) is 82.5 cm³/mol. The molecule has 0 radical (unpaired) electrons. The van der Waals surface area contributed by atoms with Crippen LogP contribution in [0, 0.1) is 5.82 Å². The maximum atomic E-state index is 13.4. The Morgan fingerprint density at radius 2 is 1.90 bits per heavy atom. The molecule has 4 heteroatoms.